The molecule has 27 heavy (non-hydrogen) atoms. The second-order valence-corrected chi connectivity index (χ2v) is 8.36. The Kier molecular flexibility index (Phi) is 5.90. The van der Waals surface area contributed by atoms with Crippen molar-refractivity contribution in [2.24, 2.45) is 0 Å². The Morgan fingerprint density at radius 1 is 1.11 bits per heavy atom. The molecule has 6 nitrogen and oxygen atoms in total. The molecule has 0 bridgehead atoms. The van der Waals surface area contributed by atoms with E-state index in [0.717, 1.165) is 0 Å². The number of hydrogen-bond acceptors (Lipinski definition) is 5. The van der Waals surface area contributed by atoms with Gasteiger partial charge < -0.3 is 14.2 Å². The van der Waals surface area contributed by atoms with Crippen molar-refractivity contribution >= 4 is 21.6 Å². The summed E-state index contributed by atoms with van der Waals surface area (Å²) in [4.78, 5) is 0.0215. The normalized spacial score (nSPS) is 15.4. The Balaban J connectivity index is 1.60. The highest BCUT2D eigenvalue weighted by Gasteiger charge is 2.38. The quantitative estimate of drug-likeness (QED) is 0.695. The van der Waals surface area contributed by atoms with Crippen LogP contribution in [-0.2, 0) is 21.4 Å². The molecule has 1 aliphatic rings. The van der Waals surface area contributed by atoms with Crippen LogP contribution >= 0.6 is 11.6 Å². The largest absolute Gasteiger partial charge is 0.495 e. The highest BCUT2D eigenvalue weighted by atomic mass is 35.5. The standard InChI is InChI=1S/C18H19ClFNO5S/c1-24-16-5-3-12(7-15(16)20)11-26-14-9-21(10-14)27(22,23)18-8-13(19)4-6-17(18)25-2/h3-8,14H,9-11H2,1-2H3. The third kappa shape index (κ3) is 4.19. The first-order valence-electron chi connectivity index (χ1n) is 8.13. The molecule has 0 atom stereocenters. The molecule has 0 aromatic heterocycles. The van der Waals surface area contributed by atoms with E-state index in [1.165, 1.54) is 42.8 Å². The molecule has 3 rings (SSSR count). The number of ether oxygens (including phenoxy) is 3. The van der Waals surface area contributed by atoms with Gasteiger partial charge in [0.25, 0.3) is 0 Å². The molecule has 1 saturated heterocycles. The van der Waals surface area contributed by atoms with Crippen LogP contribution < -0.4 is 9.47 Å². The molecule has 0 radical (unpaired) electrons. The molecule has 2 aromatic carbocycles. The van der Waals surface area contributed by atoms with Crippen LogP contribution in [0.4, 0.5) is 4.39 Å². The summed E-state index contributed by atoms with van der Waals surface area (Å²) < 4.78 is 56.1. The summed E-state index contributed by atoms with van der Waals surface area (Å²) in [5.74, 6) is -0.0722. The van der Waals surface area contributed by atoms with E-state index in [2.05, 4.69) is 0 Å². The number of sulfonamides is 1. The summed E-state index contributed by atoms with van der Waals surface area (Å²) in [5.41, 5.74) is 0.645. The number of nitrogens with zero attached hydrogens (tertiary/aromatic N) is 1. The molecule has 1 aliphatic heterocycles. The Labute approximate surface area is 162 Å². The monoisotopic (exact) mass is 415 g/mol. The molecule has 0 spiro atoms. The third-order valence-corrected chi connectivity index (χ3v) is 6.35. The van der Waals surface area contributed by atoms with Crippen LogP contribution in [0.2, 0.25) is 5.02 Å². The Morgan fingerprint density at radius 3 is 2.41 bits per heavy atom. The SMILES string of the molecule is COc1ccc(COC2CN(S(=O)(=O)c3cc(Cl)ccc3OC)C2)cc1F. The third-order valence-electron chi connectivity index (χ3n) is 4.26. The van der Waals surface area contributed by atoms with E-state index in [1.807, 2.05) is 0 Å². The maximum atomic E-state index is 13.7. The molecule has 146 valence electrons. The molecule has 2 aromatic rings. The van der Waals surface area contributed by atoms with Gasteiger partial charge in [0.1, 0.15) is 10.6 Å². The number of methoxy groups -OCH3 is 2. The van der Waals surface area contributed by atoms with Gasteiger partial charge in [-0.05, 0) is 35.9 Å². The fraction of sp³-hybridized carbons (Fsp3) is 0.333. The van der Waals surface area contributed by atoms with Gasteiger partial charge in [-0.2, -0.15) is 4.31 Å². The smallest absolute Gasteiger partial charge is 0.246 e. The van der Waals surface area contributed by atoms with Crippen molar-refractivity contribution in [3.05, 3.63) is 52.8 Å². The van der Waals surface area contributed by atoms with Gasteiger partial charge in [-0.25, -0.2) is 12.8 Å². The minimum Gasteiger partial charge on any atom is -0.495 e. The first-order chi connectivity index (χ1) is 12.8. The van der Waals surface area contributed by atoms with Gasteiger partial charge in [-0.1, -0.05) is 17.7 Å². The summed E-state index contributed by atoms with van der Waals surface area (Å²) in [6.07, 6.45) is -0.268. The molecule has 0 aliphatic carbocycles. The van der Waals surface area contributed by atoms with Gasteiger partial charge in [0.2, 0.25) is 10.0 Å². The molecule has 1 fully saturated rings. The number of benzene rings is 2. The minimum atomic E-state index is -3.73. The van der Waals surface area contributed by atoms with Gasteiger partial charge in [0.05, 0.1) is 26.9 Å². The molecule has 0 saturated carbocycles. The van der Waals surface area contributed by atoms with Crippen molar-refractivity contribution in [1.29, 1.82) is 0 Å². The van der Waals surface area contributed by atoms with Crippen molar-refractivity contribution in [1.82, 2.24) is 4.31 Å². The number of hydrogen-bond donors (Lipinski definition) is 0. The predicted octanol–water partition coefficient (Wildman–Crippen LogP) is 3.09. The lowest BCUT2D eigenvalue weighted by Crippen LogP contribution is -2.54. The minimum absolute atomic E-state index is 0.0215. The summed E-state index contributed by atoms with van der Waals surface area (Å²) >= 11 is 5.92. The zero-order valence-electron chi connectivity index (χ0n) is 14.8. The highest BCUT2D eigenvalue weighted by molar-refractivity contribution is 7.89. The summed E-state index contributed by atoms with van der Waals surface area (Å²) in [6, 6.07) is 9.01. The van der Waals surface area contributed by atoms with Gasteiger partial charge in [0.15, 0.2) is 11.6 Å². The highest BCUT2D eigenvalue weighted by Crippen LogP contribution is 2.32. The van der Waals surface area contributed by atoms with Crippen LogP contribution in [0.3, 0.4) is 0 Å². The summed E-state index contributed by atoms with van der Waals surface area (Å²) in [5, 5.41) is 0.309. The summed E-state index contributed by atoms with van der Waals surface area (Å²) in [6.45, 7) is 0.591. The zero-order chi connectivity index (χ0) is 19.6. The lowest BCUT2D eigenvalue weighted by atomic mass is 10.2. The molecular formula is C18H19ClFNO5S. The average Bonchev–Trinajstić information content (AvgIpc) is 2.60. The van der Waals surface area contributed by atoms with E-state index in [9.17, 15) is 12.8 Å². The van der Waals surface area contributed by atoms with Gasteiger partial charge in [-0.3, -0.25) is 0 Å². The van der Waals surface area contributed by atoms with E-state index >= 15 is 0 Å². The van der Waals surface area contributed by atoms with E-state index < -0.39 is 15.8 Å². The molecule has 0 amide bonds. The Hall–Kier alpha value is -1.87. The maximum absolute atomic E-state index is 13.7. The van der Waals surface area contributed by atoms with E-state index in [1.54, 1.807) is 12.1 Å². The van der Waals surface area contributed by atoms with Crippen LogP contribution in [0.5, 0.6) is 11.5 Å². The number of halogens is 2. The zero-order valence-corrected chi connectivity index (χ0v) is 16.4. The van der Waals surface area contributed by atoms with Gasteiger partial charge in [-0.15, -0.1) is 0 Å². The van der Waals surface area contributed by atoms with Crippen molar-refractivity contribution in [2.45, 2.75) is 17.6 Å². The molecule has 0 N–H and O–H groups in total. The van der Waals surface area contributed by atoms with Crippen LogP contribution in [0, 0.1) is 5.82 Å². The summed E-state index contributed by atoms with van der Waals surface area (Å²) in [7, 11) is -0.935. The fourth-order valence-electron chi connectivity index (χ4n) is 2.71. The lowest BCUT2D eigenvalue weighted by molar-refractivity contribution is -0.0297. The number of rotatable bonds is 7. The van der Waals surface area contributed by atoms with E-state index in [-0.39, 0.29) is 42.2 Å². The second kappa shape index (κ2) is 8.02. The fourth-order valence-corrected chi connectivity index (χ4v) is 4.63. The van der Waals surface area contributed by atoms with Gasteiger partial charge in [0, 0.05) is 18.1 Å². The molecule has 0 unspecified atom stereocenters. The first kappa shape index (κ1) is 19.9. The lowest BCUT2D eigenvalue weighted by Gasteiger charge is -2.37. The van der Waals surface area contributed by atoms with Crippen LogP contribution in [0.25, 0.3) is 0 Å². The van der Waals surface area contributed by atoms with Crippen molar-refractivity contribution in [3.8, 4) is 11.5 Å². The van der Waals surface area contributed by atoms with Gasteiger partial charge >= 0.3 is 0 Å². The van der Waals surface area contributed by atoms with Crippen LogP contribution in [0.1, 0.15) is 5.56 Å². The predicted molar refractivity (Wildman–Crippen MR) is 98.3 cm³/mol. The maximum Gasteiger partial charge on any atom is 0.246 e. The Morgan fingerprint density at radius 2 is 1.78 bits per heavy atom. The van der Waals surface area contributed by atoms with Crippen molar-refractivity contribution in [3.63, 3.8) is 0 Å². The Bertz CT molecular complexity index is 931. The van der Waals surface area contributed by atoms with Crippen LogP contribution in [0.15, 0.2) is 41.3 Å². The van der Waals surface area contributed by atoms with E-state index in [0.29, 0.717) is 10.6 Å². The topological polar surface area (TPSA) is 65.1 Å². The van der Waals surface area contributed by atoms with Crippen LogP contribution in [-0.4, -0.2) is 46.1 Å². The molecular weight excluding hydrogens is 397 g/mol. The van der Waals surface area contributed by atoms with Crippen molar-refractivity contribution < 1.29 is 27.0 Å². The molecule has 9 heteroatoms. The first-order valence-corrected chi connectivity index (χ1v) is 9.94. The van der Waals surface area contributed by atoms with Crippen molar-refractivity contribution in [2.75, 3.05) is 27.3 Å². The van der Waals surface area contributed by atoms with E-state index in [4.69, 9.17) is 25.8 Å². The second-order valence-electron chi connectivity index (χ2n) is 6.02. The molecule has 1 heterocycles. The average molecular weight is 416 g/mol.